The lowest BCUT2D eigenvalue weighted by molar-refractivity contribution is 0.0220. The van der Waals surface area contributed by atoms with E-state index in [-0.39, 0.29) is 10.7 Å². The largest absolute Gasteiger partial charge is 0.305 e. The normalized spacial score (nSPS) is 47.0. The molecule has 0 heterocycles. The van der Waals surface area contributed by atoms with Crippen LogP contribution in [0.4, 0.5) is 8.78 Å². The molecular weight excluding hydrogens is 294 g/mol. The van der Waals surface area contributed by atoms with E-state index in [4.69, 9.17) is 0 Å². The van der Waals surface area contributed by atoms with Gasteiger partial charge in [-0.2, -0.15) is 8.78 Å². The van der Waals surface area contributed by atoms with Crippen LogP contribution in [0.5, 0.6) is 0 Å². The molecule has 2 aliphatic rings. The molecule has 12 heavy (non-hydrogen) atoms. The van der Waals surface area contributed by atoms with Crippen molar-refractivity contribution in [3.63, 3.8) is 0 Å². The van der Waals surface area contributed by atoms with Crippen LogP contribution >= 0.6 is 31.9 Å². The third-order valence-electron chi connectivity index (χ3n) is 3.19. The topological polar surface area (TPSA) is 0 Å². The Kier molecular flexibility index (Phi) is 2.27. The zero-order chi connectivity index (χ0) is 8.93. The van der Waals surface area contributed by atoms with Gasteiger partial charge < -0.3 is 0 Å². The summed E-state index contributed by atoms with van der Waals surface area (Å²) in [6.45, 7) is 0. The molecular formula is C8H10Br2F2. The first-order chi connectivity index (χ1) is 5.50. The van der Waals surface area contributed by atoms with Crippen molar-refractivity contribution in [2.75, 3.05) is 0 Å². The molecule has 4 unspecified atom stereocenters. The molecule has 0 aromatic heterocycles. The Labute approximate surface area is 87.3 Å². The first-order valence-corrected chi connectivity index (χ1v) is 5.92. The van der Waals surface area contributed by atoms with Gasteiger partial charge in [0.25, 0.3) is 0 Å². The Bertz CT molecular complexity index is 188. The van der Waals surface area contributed by atoms with Crippen molar-refractivity contribution in [2.45, 2.75) is 28.9 Å². The summed E-state index contributed by atoms with van der Waals surface area (Å²) in [5.74, 6) is 0.230. The molecule has 4 heteroatoms. The maximum atomic E-state index is 13.0. The maximum absolute atomic E-state index is 13.0. The number of rotatable bonds is 1. The van der Waals surface area contributed by atoms with E-state index in [1.165, 1.54) is 0 Å². The predicted octanol–water partition coefficient (Wildman–Crippen LogP) is 3.78. The summed E-state index contributed by atoms with van der Waals surface area (Å²) in [7, 11) is 0. The van der Waals surface area contributed by atoms with Gasteiger partial charge >= 0.3 is 4.83 Å². The Morgan fingerprint density at radius 1 is 1.17 bits per heavy atom. The molecule has 0 aromatic carbocycles. The van der Waals surface area contributed by atoms with Crippen molar-refractivity contribution in [1.82, 2.24) is 0 Å². The van der Waals surface area contributed by atoms with Crippen LogP contribution in [0.3, 0.4) is 0 Å². The van der Waals surface area contributed by atoms with E-state index >= 15 is 0 Å². The Morgan fingerprint density at radius 3 is 2.08 bits per heavy atom. The van der Waals surface area contributed by atoms with Crippen LogP contribution in [0.15, 0.2) is 0 Å². The fourth-order valence-electron chi connectivity index (χ4n) is 2.67. The second-order valence-corrected chi connectivity index (χ2v) is 5.96. The molecule has 0 spiro atoms. The van der Waals surface area contributed by atoms with E-state index in [0.717, 1.165) is 19.3 Å². The second kappa shape index (κ2) is 2.91. The van der Waals surface area contributed by atoms with Gasteiger partial charge in [0.15, 0.2) is 0 Å². The van der Waals surface area contributed by atoms with E-state index in [9.17, 15) is 8.78 Å². The molecule has 2 saturated carbocycles. The zero-order valence-electron chi connectivity index (χ0n) is 6.44. The van der Waals surface area contributed by atoms with Crippen molar-refractivity contribution in [3.05, 3.63) is 0 Å². The van der Waals surface area contributed by atoms with Crippen molar-refractivity contribution < 1.29 is 8.78 Å². The summed E-state index contributed by atoms with van der Waals surface area (Å²) in [6, 6.07) is 0. The molecule has 70 valence electrons. The van der Waals surface area contributed by atoms with Crippen LogP contribution in [0.25, 0.3) is 0 Å². The molecule has 0 saturated heterocycles. The summed E-state index contributed by atoms with van der Waals surface area (Å²) in [4.78, 5) is -2.66. The molecule has 2 rings (SSSR count). The van der Waals surface area contributed by atoms with E-state index in [1.54, 1.807) is 0 Å². The van der Waals surface area contributed by atoms with E-state index in [2.05, 4.69) is 31.9 Å². The van der Waals surface area contributed by atoms with Crippen LogP contribution in [-0.2, 0) is 0 Å². The van der Waals surface area contributed by atoms with Gasteiger partial charge in [0.1, 0.15) is 0 Å². The van der Waals surface area contributed by atoms with Crippen molar-refractivity contribution in [2.24, 2.45) is 17.8 Å². The number of halogens is 4. The first-order valence-electron chi connectivity index (χ1n) is 4.21. The van der Waals surface area contributed by atoms with Crippen molar-refractivity contribution in [1.29, 1.82) is 0 Å². The summed E-state index contributed by atoms with van der Waals surface area (Å²) >= 11 is 5.87. The summed E-state index contributed by atoms with van der Waals surface area (Å²) in [5.41, 5.74) is 0. The summed E-state index contributed by atoms with van der Waals surface area (Å²) in [5, 5.41) is 0. The second-order valence-electron chi connectivity index (χ2n) is 3.85. The SMILES string of the molecule is FC(F)(Br)C1C2CCC(C2)C1Br. The third kappa shape index (κ3) is 1.35. The molecule has 2 bridgehead atoms. The van der Waals surface area contributed by atoms with Gasteiger partial charge in [-0.1, -0.05) is 15.9 Å². The summed E-state index contributed by atoms with van der Waals surface area (Å²) < 4.78 is 26.0. The number of fused-ring (bicyclic) bond motifs is 2. The minimum atomic E-state index is -2.68. The van der Waals surface area contributed by atoms with Crippen molar-refractivity contribution in [3.8, 4) is 0 Å². The molecule has 2 fully saturated rings. The van der Waals surface area contributed by atoms with Gasteiger partial charge in [-0.15, -0.1) is 0 Å². The molecule has 0 radical (unpaired) electrons. The number of alkyl halides is 4. The first kappa shape index (κ1) is 9.38. The highest BCUT2D eigenvalue weighted by Gasteiger charge is 2.56. The van der Waals surface area contributed by atoms with Crippen LogP contribution < -0.4 is 0 Å². The average molecular weight is 304 g/mol. The molecule has 0 N–H and O–H groups in total. The minimum Gasteiger partial charge on any atom is -0.193 e. The smallest absolute Gasteiger partial charge is 0.193 e. The quantitative estimate of drug-likeness (QED) is 0.647. The number of hydrogen-bond donors (Lipinski definition) is 0. The van der Waals surface area contributed by atoms with Crippen LogP contribution in [0.1, 0.15) is 19.3 Å². The summed E-state index contributed by atoms with van der Waals surface area (Å²) in [6.07, 6.45) is 3.10. The van der Waals surface area contributed by atoms with E-state index in [0.29, 0.717) is 5.92 Å². The van der Waals surface area contributed by atoms with Gasteiger partial charge in [-0.25, -0.2) is 0 Å². The molecule has 2 aliphatic carbocycles. The van der Waals surface area contributed by atoms with Crippen LogP contribution in [0, 0.1) is 17.8 Å². The standard InChI is InChI=1S/C8H10Br2F2/c9-7-5-2-1-4(3-5)6(7)8(10,11)12/h4-7H,1-3H2. The highest BCUT2D eigenvalue weighted by molar-refractivity contribution is 9.10. The van der Waals surface area contributed by atoms with Gasteiger partial charge in [0.2, 0.25) is 0 Å². The lowest BCUT2D eigenvalue weighted by Crippen LogP contribution is -2.34. The zero-order valence-corrected chi connectivity index (χ0v) is 9.61. The van der Waals surface area contributed by atoms with Gasteiger partial charge in [0.05, 0.1) is 0 Å². The third-order valence-corrected chi connectivity index (χ3v) is 5.04. The lowest BCUT2D eigenvalue weighted by Gasteiger charge is -2.30. The number of hydrogen-bond acceptors (Lipinski definition) is 0. The Hall–Kier alpha value is 0.820. The average Bonchev–Trinajstić information content (AvgIpc) is 2.42. The highest BCUT2D eigenvalue weighted by atomic mass is 79.9. The molecule has 0 aromatic rings. The van der Waals surface area contributed by atoms with Gasteiger partial charge in [-0.3, -0.25) is 0 Å². The van der Waals surface area contributed by atoms with Gasteiger partial charge in [0, 0.05) is 10.7 Å². The van der Waals surface area contributed by atoms with Crippen molar-refractivity contribution >= 4 is 31.9 Å². The predicted molar refractivity (Wildman–Crippen MR) is 50.9 cm³/mol. The minimum absolute atomic E-state index is 0.0191. The molecule has 0 amide bonds. The lowest BCUT2D eigenvalue weighted by atomic mass is 9.89. The Balaban J connectivity index is 2.17. The molecule has 4 atom stereocenters. The van der Waals surface area contributed by atoms with Gasteiger partial charge in [-0.05, 0) is 47.0 Å². The Morgan fingerprint density at radius 2 is 1.75 bits per heavy atom. The van der Waals surface area contributed by atoms with E-state index in [1.807, 2.05) is 0 Å². The maximum Gasteiger partial charge on any atom is 0.305 e. The highest BCUT2D eigenvalue weighted by Crippen LogP contribution is 2.57. The fraction of sp³-hybridized carbons (Fsp3) is 1.00. The monoisotopic (exact) mass is 302 g/mol. The molecule has 0 aliphatic heterocycles. The van der Waals surface area contributed by atoms with Crippen LogP contribution in [0.2, 0.25) is 0 Å². The van der Waals surface area contributed by atoms with E-state index < -0.39 is 10.7 Å². The fourth-order valence-corrected chi connectivity index (χ4v) is 4.93. The molecule has 0 nitrogen and oxygen atoms in total. The van der Waals surface area contributed by atoms with Crippen LogP contribution in [-0.4, -0.2) is 9.66 Å².